The molecule has 0 aromatic heterocycles. The Morgan fingerprint density at radius 3 is 2.62 bits per heavy atom. The number of ether oxygens (including phenoxy) is 1. The average Bonchev–Trinajstić information content (AvgIpc) is 2.49. The van der Waals surface area contributed by atoms with Crippen LogP contribution in [0.5, 0.6) is 0 Å². The second kappa shape index (κ2) is 10.0. The molecule has 0 bridgehead atoms. The number of benzene rings is 1. The van der Waals surface area contributed by atoms with Gasteiger partial charge in [0.2, 0.25) is 0 Å². The van der Waals surface area contributed by atoms with Gasteiger partial charge >= 0.3 is 12.1 Å². The molecule has 7 heteroatoms. The molecular weight excluding hydrogens is 297 g/mol. The Balaban J connectivity index is 2.33. The number of aliphatic carboxylic acids is 1. The van der Waals surface area contributed by atoms with E-state index < -0.39 is 24.8 Å². The number of hydrogen-bond donors (Lipinski definition) is 2. The molecule has 2 N–H and O–H groups in total. The number of carboxylic acid groups (broad SMARTS) is 1. The summed E-state index contributed by atoms with van der Waals surface area (Å²) in [5.74, 6) is -0.350. The quantitative estimate of drug-likeness (QED) is 0.685. The molecule has 1 aromatic rings. The molecule has 1 atom stereocenters. The van der Waals surface area contributed by atoms with E-state index in [9.17, 15) is 14.0 Å². The standard InChI is InChI=1S/C14H18FNO4S/c15-7-9-21-8-6-12(13(17)18)16-14(19)20-10-11-4-2-1-3-5-11/h1-5,12H,6-10H2,(H,16,19)(H,17,18). The molecule has 0 aliphatic rings. The van der Waals surface area contributed by atoms with Gasteiger partial charge < -0.3 is 15.2 Å². The van der Waals surface area contributed by atoms with Crippen LogP contribution in [0.1, 0.15) is 12.0 Å². The molecule has 0 saturated carbocycles. The number of alkyl halides is 1. The Morgan fingerprint density at radius 2 is 2.00 bits per heavy atom. The molecule has 0 heterocycles. The van der Waals surface area contributed by atoms with Gasteiger partial charge in [-0.15, -0.1) is 0 Å². The van der Waals surface area contributed by atoms with Gasteiger partial charge in [0.1, 0.15) is 12.6 Å². The van der Waals surface area contributed by atoms with Crippen LogP contribution >= 0.6 is 11.8 Å². The second-order valence-corrected chi connectivity index (χ2v) is 5.41. The first-order chi connectivity index (χ1) is 10.1. The molecule has 0 fully saturated rings. The van der Waals surface area contributed by atoms with Crippen molar-refractivity contribution in [3.63, 3.8) is 0 Å². The van der Waals surface area contributed by atoms with E-state index in [1.165, 1.54) is 11.8 Å². The van der Waals surface area contributed by atoms with E-state index in [1.807, 2.05) is 18.2 Å². The monoisotopic (exact) mass is 315 g/mol. The smallest absolute Gasteiger partial charge is 0.408 e. The Morgan fingerprint density at radius 1 is 1.29 bits per heavy atom. The van der Waals surface area contributed by atoms with Gasteiger partial charge in [-0.25, -0.2) is 9.59 Å². The van der Waals surface area contributed by atoms with Crippen molar-refractivity contribution in [1.29, 1.82) is 0 Å². The van der Waals surface area contributed by atoms with E-state index in [0.29, 0.717) is 11.5 Å². The van der Waals surface area contributed by atoms with Gasteiger partial charge in [0, 0.05) is 5.75 Å². The lowest BCUT2D eigenvalue weighted by molar-refractivity contribution is -0.139. The van der Waals surface area contributed by atoms with Crippen LogP contribution in [-0.4, -0.2) is 41.4 Å². The maximum atomic E-state index is 11.9. The molecular formula is C14H18FNO4S. The van der Waals surface area contributed by atoms with Crippen molar-refractivity contribution in [2.45, 2.75) is 19.1 Å². The lowest BCUT2D eigenvalue weighted by Gasteiger charge is -2.14. The number of hydrogen-bond acceptors (Lipinski definition) is 4. The van der Waals surface area contributed by atoms with E-state index in [0.717, 1.165) is 5.56 Å². The normalized spacial score (nSPS) is 11.7. The zero-order chi connectivity index (χ0) is 15.5. The predicted molar refractivity (Wildman–Crippen MR) is 79.1 cm³/mol. The number of carbonyl (C=O) groups excluding carboxylic acids is 1. The summed E-state index contributed by atoms with van der Waals surface area (Å²) in [4.78, 5) is 22.6. The van der Waals surface area contributed by atoms with Crippen LogP contribution in [0.25, 0.3) is 0 Å². The van der Waals surface area contributed by atoms with Gasteiger partial charge in [0.15, 0.2) is 0 Å². The fourth-order valence-electron chi connectivity index (χ4n) is 1.52. The van der Waals surface area contributed by atoms with E-state index >= 15 is 0 Å². The van der Waals surface area contributed by atoms with E-state index in [-0.39, 0.29) is 13.0 Å². The highest BCUT2D eigenvalue weighted by Crippen LogP contribution is 2.06. The maximum absolute atomic E-state index is 11.9. The summed E-state index contributed by atoms with van der Waals surface area (Å²) >= 11 is 1.31. The van der Waals surface area contributed by atoms with Gasteiger partial charge in [0.05, 0.1) is 6.67 Å². The molecule has 0 aliphatic heterocycles. The second-order valence-electron chi connectivity index (χ2n) is 4.19. The summed E-state index contributed by atoms with van der Waals surface area (Å²) in [5, 5.41) is 11.3. The van der Waals surface area contributed by atoms with Crippen LogP contribution in [-0.2, 0) is 16.1 Å². The van der Waals surface area contributed by atoms with Crippen LogP contribution < -0.4 is 5.32 Å². The first-order valence-electron chi connectivity index (χ1n) is 6.47. The number of thioether (sulfide) groups is 1. The number of alkyl carbamates (subject to hydrolysis) is 1. The van der Waals surface area contributed by atoms with Crippen molar-refractivity contribution < 1.29 is 23.8 Å². The van der Waals surface area contributed by atoms with Gasteiger partial charge in [0.25, 0.3) is 0 Å². The molecule has 0 radical (unpaired) electrons. The van der Waals surface area contributed by atoms with Crippen LogP contribution in [0.3, 0.4) is 0 Å². The van der Waals surface area contributed by atoms with Crippen molar-refractivity contribution in [1.82, 2.24) is 5.32 Å². The van der Waals surface area contributed by atoms with E-state index in [1.54, 1.807) is 12.1 Å². The minimum Gasteiger partial charge on any atom is -0.480 e. The van der Waals surface area contributed by atoms with E-state index in [4.69, 9.17) is 9.84 Å². The summed E-state index contributed by atoms with van der Waals surface area (Å²) in [6.45, 7) is -0.370. The Hall–Kier alpha value is -1.76. The van der Waals surface area contributed by atoms with Crippen molar-refractivity contribution in [3.8, 4) is 0 Å². The van der Waals surface area contributed by atoms with Crippen molar-refractivity contribution in [2.75, 3.05) is 18.2 Å². The number of carbonyl (C=O) groups is 2. The average molecular weight is 315 g/mol. The number of halogens is 1. The van der Waals surface area contributed by atoms with Crippen molar-refractivity contribution in [2.24, 2.45) is 0 Å². The number of carboxylic acids is 1. The highest BCUT2D eigenvalue weighted by atomic mass is 32.2. The third-order valence-corrected chi connectivity index (χ3v) is 3.54. The van der Waals surface area contributed by atoms with Crippen LogP contribution in [0.2, 0.25) is 0 Å². The highest BCUT2D eigenvalue weighted by Gasteiger charge is 2.20. The fraction of sp³-hybridized carbons (Fsp3) is 0.429. The number of amides is 1. The first-order valence-corrected chi connectivity index (χ1v) is 7.62. The molecule has 1 amide bonds. The largest absolute Gasteiger partial charge is 0.480 e. The number of rotatable bonds is 9. The lowest BCUT2D eigenvalue weighted by Crippen LogP contribution is -2.41. The van der Waals surface area contributed by atoms with Crippen molar-refractivity contribution in [3.05, 3.63) is 35.9 Å². The highest BCUT2D eigenvalue weighted by molar-refractivity contribution is 7.99. The van der Waals surface area contributed by atoms with Gasteiger partial charge in [-0.1, -0.05) is 30.3 Å². The van der Waals surface area contributed by atoms with Gasteiger partial charge in [-0.2, -0.15) is 11.8 Å². The summed E-state index contributed by atoms with van der Waals surface area (Å²) < 4.78 is 16.9. The zero-order valence-electron chi connectivity index (χ0n) is 11.5. The topological polar surface area (TPSA) is 75.6 Å². The molecule has 5 nitrogen and oxygen atoms in total. The third kappa shape index (κ3) is 7.55. The van der Waals surface area contributed by atoms with Crippen LogP contribution in [0.15, 0.2) is 30.3 Å². The van der Waals surface area contributed by atoms with Crippen LogP contribution in [0.4, 0.5) is 9.18 Å². The lowest BCUT2D eigenvalue weighted by atomic mass is 10.2. The summed E-state index contributed by atoms with van der Waals surface area (Å²) in [6.07, 6.45) is -0.554. The minimum absolute atomic E-state index is 0.0790. The molecule has 116 valence electrons. The van der Waals surface area contributed by atoms with Crippen LogP contribution in [0, 0.1) is 0 Å². The van der Waals surface area contributed by atoms with Gasteiger partial charge in [-0.05, 0) is 17.7 Å². The third-order valence-electron chi connectivity index (χ3n) is 2.58. The van der Waals surface area contributed by atoms with Gasteiger partial charge in [-0.3, -0.25) is 4.39 Å². The molecule has 0 spiro atoms. The first kappa shape index (κ1) is 17.3. The minimum atomic E-state index is -1.13. The SMILES string of the molecule is O=C(NC(CCSCCF)C(=O)O)OCc1ccccc1. The molecule has 0 saturated heterocycles. The molecule has 1 unspecified atom stereocenters. The number of nitrogens with one attached hydrogen (secondary N) is 1. The zero-order valence-corrected chi connectivity index (χ0v) is 12.3. The molecule has 1 aromatic carbocycles. The molecule has 0 aliphatic carbocycles. The summed E-state index contributed by atoms with van der Waals surface area (Å²) in [6, 6.07) is 8.06. The summed E-state index contributed by atoms with van der Waals surface area (Å²) in [5.41, 5.74) is 0.818. The van der Waals surface area contributed by atoms with Crippen molar-refractivity contribution >= 4 is 23.8 Å². The van der Waals surface area contributed by atoms with E-state index in [2.05, 4.69) is 5.32 Å². The Bertz CT molecular complexity index is 444. The Labute approximate surface area is 126 Å². The molecule has 21 heavy (non-hydrogen) atoms. The summed E-state index contributed by atoms with van der Waals surface area (Å²) in [7, 11) is 0. The fourth-order valence-corrected chi connectivity index (χ4v) is 2.24. The maximum Gasteiger partial charge on any atom is 0.408 e. The predicted octanol–water partition coefficient (Wildman–Crippen LogP) is 2.46. The molecule has 1 rings (SSSR count). The Kier molecular flexibility index (Phi) is 8.27.